The Balaban J connectivity index is 2.01. The maximum Gasteiger partial charge on any atom is 0.0408 e. The van der Waals surface area contributed by atoms with Gasteiger partial charge >= 0.3 is 0 Å². The second-order valence-electron chi connectivity index (χ2n) is 4.08. The van der Waals surface area contributed by atoms with Gasteiger partial charge in [-0.05, 0) is 58.8 Å². The smallest absolute Gasteiger partial charge is 0.0408 e. The second-order valence-corrected chi connectivity index (χ2v) is 5.60. The zero-order valence-electron chi connectivity index (χ0n) is 9.40. The molecule has 2 rings (SSSR count). The van der Waals surface area contributed by atoms with Gasteiger partial charge in [0.15, 0.2) is 0 Å². The fourth-order valence-corrected chi connectivity index (χ4v) is 3.10. The van der Waals surface area contributed by atoms with Crippen LogP contribution >= 0.6 is 34.5 Å². The SMILES string of the molecule is ClCC(CCc1ccsc1)c1cccc(Cl)c1. The number of alkyl halides is 1. The average Bonchev–Trinajstić information content (AvgIpc) is 2.83. The quantitative estimate of drug-likeness (QED) is 0.649. The first-order valence-corrected chi connectivity index (χ1v) is 7.47. The molecule has 0 bridgehead atoms. The van der Waals surface area contributed by atoms with Gasteiger partial charge < -0.3 is 0 Å². The van der Waals surface area contributed by atoms with Crippen LogP contribution in [0.4, 0.5) is 0 Å². The van der Waals surface area contributed by atoms with Crippen molar-refractivity contribution in [1.29, 1.82) is 0 Å². The summed E-state index contributed by atoms with van der Waals surface area (Å²) in [5.74, 6) is 1.03. The van der Waals surface area contributed by atoms with E-state index in [0.29, 0.717) is 11.8 Å². The van der Waals surface area contributed by atoms with Crippen molar-refractivity contribution in [3.8, 4) is 0 Å². The van der Waals surface area contributed by atoms with E-state index in [9.17, 15) is 0 Å². The Morgan fingerprint density at radius 2 is 2.12 bits per heavy atom. The molecule has 0 amide bonds. The molecule has 1 aromatic heterocycles. The molecule has 1 unspecified atom stereocenters. The van der Waals surface area contributed by atoms with E-state index in [1.165, 1.54) is 11.1 Å². The molecule has 0 radical (unpaired) electrons. The molecule has 0 spiro atoms. The lowest BCUT2D eigenvalue weighted by Crippen LogP contribution is -2.02. The number of hydrogen-bond donors (Lipinski definition) is 0. The molecular weight excluding hydrogens is 271 g/mol. The number of aryl methyl sites for hydroxylation is 1. The van der Waals surface area contributed by atoms with Crippen molar-refractivity contribution in [2.75, 3.05) is 5.88 Å². The highest BCUT2D eigenvalue weighted by molar-refractivity contribution is 7.07. The van der Waals surface area contributed by atoms with E-state index in [1.54, 1.807) is 11.3 Å². The first-order chi connectivity index (χ1) is 8.29. The standard InChI is InChI=1S/C14H14Cl2S/c15-9-13(5-4-11-6-7-17-10-11)12-2-1-3-14(16)8-12/h1-3,6-8,10,13H,4-5,9H2. The second kappa shape index (κ2) is 6.44. The normalized spacial score (nSPS) is 12.6. The van der Waals surface area contributed by atoms with Crippen LogP contribution in [-0.2, 0) is 6.42 Å². The molecule has 2 aromatic rings. The van der Waals surface area contributed by atoms with Crippen molar-refractivity contribution in [1.82, 2.24) is 0 Å². The largest absolute Gasteiger partial charge is 0.152 e. The summed E-state index contributed by atoms with van der Waals surface area (Å²) in [6, 6.07) is 10.2. The van der Waals surface area contributed by atoms with Gasteiger partial charge in [-0.1, -0.05) is 23.7 Å². The zero-order chi connectivity index (χ0) is 12.1. The minimum atomic E-state index is 0.385. The van der Waals surface area contributed by atoms with E-state index in [0.717, 1.165) is 17.9 Å². The molecule has 0 fully saturated rings. The Kier molecular flexibility index (Phi) is 4.90. The lowest BCUT2D eigenvalue weighted by molar-refractivity contribution is 0.686. The summed E-state index contributed by atoms with van der Waals surface area (Å²) in [6.07, 6.45) is 2.15. The van der Waals surface area contributed by atoms with Gasteiger partial charge in [-0.3, -0.25) is 0 Å². The maximum absolute atomic E-state index is 6.05. The van der Waals surface area contributed by atoms with Gasteiger partial charge in [0.1, 0.15) is 0 Å². The van der Waals surface area contributed by atoms with Gasteiger partial charge in [0.05, 0.1) is 0 Å². The summed E-state index contributed by atoms with van der Waals surface area (Å²) >= 11 is 13.8. The van der Waals surface area contributed by atoms with E-state index < -0.39 is 0 Å². The molecule has 1 heterocycles. The van der Waals surface area contributed by atoms with Crippen molar-refractivity contribution in [2.45, 2.75) is 18.8 Å². The van der Waals surface area contributed by atoms with Crippen LogP contribution < -0.4 is 0 Å². The van der Waals surface area contributed by atoms with Crippen molar-refractivity contribution < 1.29 is 0 Å². The van der Waals surface area contributed by atoms with Crippen LogP contribution in [0.3, 0.4) is 0 Å². The van der Waals surface area contributed by atoms with E-state index in [1.807, 2.05) is 18.2 Å². The molecule has 17 heavy (non-hydrogen) atoms. The van der Waals surface area contributed by atoms with E-state index >= 15 is 0 Å². The van der Waals surface area contributed by atoms with Gasteiger partial charge in [0.25, 0.3) is 0 Å². The first-order valence-electron chi connectivity index (χ1n) is 5.62. The molecule has 3 heteroatoms. The monoisotopic (exact) mass is 284 g/mol. The molecule has 1 aromatic carbocycles. The van der Waals surface area contributed by atoms with Gasteiger partial charge in [-0.2, -0.15) is 11.3 Å². The topological polar surface area (TPSA) is 0 Å². The van der Waals surface area contributed by atoms with Crippen molar-refractivity contribution in [3.05, 3.63) is 57.2 Å². The third kappa shape index (κ3) is 3.74. The summed E-state index contributed by atoms with van der Waals surface area (Å²) in [7, 11) is 0. The fourth-order valence-electron chi connectivity index (χ4n) is 1.87. The minimum absolute atomic E-state index is 0.385. The number of benzene rings is 1. The van der Waals surface area contributed by atoms with Crippen molar-refractivity contribution in [3.63, 3.8) is 0 Å². The number of thiophene rings is 1. The van der Waals surface area contributed by atoms with Crippen LogP contribution in [0.1, 0.15) is 23.5 Å². The van der Waals surface area contributed by atoms with E-state index in [4.69, 9.17) is 23.2 Å². The molecule has 0 aliphatic heterocycles. The predicted molar refractivity (Wildman–Crippen MR) is 77.6 cm³/mol. The van der Waals surface area contributed by atoms with Gasteiger partial charge in [-0.25, -0.2) is 0 Å². The first kappa shape index (κ1) is 12.9. The molecule has 0 aliphatic rings. The number of rotatable bonds is 5. The van der Waals surface area contributed by atoms with Crippen LogP contribution in [0.15, 0.2) is 41.1 Å². The van der Waals surface area contributed by atoms with Crippen molar-refractivity contribution >= 4 is 34.5 Å². The predicted octanol–water partition coefficient (Wildman–Crippen LogP) is 5.36. The minimum Gasteiger partial charge on any atom is -0.152 e. The summed E-state index contributed by atoms with van der Waals surface area (Å²) < 4.78 is 0. The van der Waals surface area contributed by atoms with Crippen molar-refractivity contribution in [2.24, 2.45) is 0 Å². The lowest BCUT2D eigenvalue weighted by atomic mass is 9.95. The van der Waals surface area contributed by atoms with E-state index in [-0.39, 0.29) is 0 Å². The molecule has 90 valence electrons. The number of hydrogen-bond acceptors (Lipinski definition) is 1. The zero-order valence-corrected chi connectivity index (χ0v) is 11.7. The summed E-state index contributed by atoms with van der Waals surface area (Å²) in [5, 5.41) is 5.10. The Morgan fingerprint density at radius 3 is 2.76 bits per heavy atom. The van der Waals surface area contributed by atoms with Crippen LogP contribution in [0.2, 0.25) is 5.02 Å². The summed E-state index contributed by atoms with van der Waals surface area (Å²) in [6.45, 7) is 0. The third-order valence-corrected chi connectivity index (χ3v) is 4.21. The highest BCUT2D eigenvalue weighted by atomic mass is 35.5. The van der Waals surface area contributed by atoms with Crippen LogP contribution in [0, 0.1) is 0 Å². The maximum atomic E-state index is 6.05. The Labute approximate surface area is 116 Å². The fraction of sp³-hybridized carbons (Fsp3) is 0.286. The molecule has 1 atom stereocenters. The Bertz CT molecular complexity index is 451. The molecule has 0 N–H and O–H groups in total. The summed E-state index contributed by atoms with van der Waals surface area (Å²) in [5.41, 5.74) is 2.63. The molecular formula is C14H14Cl2S. The van der Waals surface area contributed by atoms with Gasteiger partial charge in [0.2, 0.25) is 0 Å². The Morgan fingerprint density at radius 1 is 1.24 bits per heavy atom. The highest BCUT2D eigenvalue weighted by Crippen LogP contribution is 2.25. The van der Waals surface area contributed by atoms with E-state index in [2.05, 4.69) is 22.9 Å². The van der Waals surface area contributed by atoms with Crippen LogP contribution in [0.5, 0.6) is 0 Å². The molecule has 0 saturated carbocycles. The molecule has 0 aliphatic carbocycles. The lowest BCUT2D eigenvalue weighted by Gasteiger charge is -2.14. The molecule has 0 saturated heterocycles. The Hall–Kier alpha value is -0.500. The van der Waals surface area contributed by atoms with Crippen LogP contribution in [0.25, 0.3) is 0 Å². The number of halogens is 2. The highest BCUT2D eigenvalue weighted by Gasteiger charge is 2.11. The van der Waals surface area contributed by atoms with Crippen LogP contribution in [-0.4, -0.2) is 5.88 Å². The average molecular weight is 285 g/mol. The van der Waals surface area contributed by atoms with Gasteiger partial charge in [0, 0.05) is 10.9 Å². The van der Waals surface area contributed by atoms with Gasteiger partial charge in [-0.15, -0.1) is 11.6 Å². The third-order valence-electron chi connectivity index (χ3n) is 2.87. The molecule has 0 nitrogen and oxygen atoms in total. The summed E-state index contributed by atoms with van der Waals surface area (Å²) in [4.78, 5) is 0.